The van der Waals surface area contributed by atoms with Gasteiger partial charge >= 0.3 is 0 Å². The van der Waals surface area contributed by atoms with Crippen LogP contribution in [0.5, 0.6) is 0 Å². The van der Waals surface area contributed by atoms with Crippen LogP contribution in [0, 0.1) is 0 Å². The molecule has 0 aliphatic carbocycles. The largest absolute Gasteiger partial charge is 0.195 e. The summed E-state index contributed by atoms with van der Waals surface area (Å²) in [5.74, 6) is 0. The third kappa shape index (κ3) is 3.35. The number of thiocarbonyl (C=S) groups is 3. The molecule has 0 aromatic heterocycles. The highest BCUT2D eigenvalue weighted by Gasteiger charge is 2.00. The van der Waals surface area contributed by atoms with Gasteiger partial charge in [-0.2, -0.15) is 15.0 Å². The van der Waals surface area contributed by atoms with Gasteiger partial charge in [-0.3, -0.25) is 0 Å². The third-order valence-corrected chi connectivity index (χ3v) is 1.74. The van der Waals surface area contributed by atoms with Gasteiger partial charge in [0.2, 0.25) is 0 Å². The van der Waals surface area contributed by atoms with Crippen molar-refractivity contribution in [2.24, 2.45) is 15.0 Å². The molecule has 0 bridgehead atoms. The smallest absolute Gasteiger partial charge is 0.103 e. The monoisotopic (exact) mass is 249 g/mol. The molecule has 0 saturated heterocycles. The number of nitrogens with zero attached hydrogens (tertiary/aromatic N) is 3. The van der Waals surface area contributed by atoms with E-state index in [0.29, 0.717) is 17.1 Å². The van der Waals surface area contributed by atoms with E-state index in [-0.39, 0.29) is 0 Å². The number of hydrogen-bond donors (Lipinski definition) is 0. The summed E-state index contributed by atoms with van der Waals surface area (Å²) in [7, 11) is 0. The van der Waals surface area contributed by atoms with Gasteiger partial charge < -0.3 is 0 Å². The third-order valence-electron chi connectivity index (χ3n) is 1.47. The molecule has 1 rings (SSSR count). The van der Waals surface area contributed by atoms with Crippen molar-refractivity contribution in [3.8, 4) is 0 Å². The first kappa shape index (κ1) is 11.7. The lowest BCUT2D eigenvalue weighted by Gasteiger charge is -1.97. The minimum Gasteiger partial charge on any atom is -0.195 e. The second-order valence-corrected chi connectivity index (χ2v) is 2.83. The molecule has 0 atom stereocenters. The standard InChI is InChI=1S/C9H3N3S3/c13-4-10-7-1-2-8(11-5-14)9(3-7)12-6-15/h1-3H. The van der Waals surface area contributed by atoms with Crippen LogP contribution in [0.1, 0.15) is 0 Å². The number of rotatable bonds is 3. The highest BCUT2D eigenvalue weighted by atomic mass is 32.1. The fraction of sp³-hybridized carbons (Fsp3) is 0. The molecular formula is C9H3N3S3. The Morgan fingerprint density at radius 3 is 2.00 bits per heavy atom. The summed E-state index contributed by atoms with van der Waals surface area (Å²) >= 11 is 13.5. The van der Waals surface area contributed by atoms with Gasteiger partial charge in [-0.15, -0.1) is 0 Å². The molecule has 0 fully saturated rings. The number of benzene rings is 1. The quantitative estimate of drug-likeness (QED) is 0.602. The van der Waals surface area contributed by atoms with Crippen molar-refractivity contribution in [2.45, 2.75) is 0 Å². The van der Waals surface area contributed by atoms with Crippen molar-refractivity contribution in [3.63, 3.8) is 0 Å². The van der Waals surface area contributed by atoms with E-state index in [1.54, 1.807) is 18.2 Å². The molecule has 0 N–H and O–H groups in total. The predicted octanol–water partition coefficient (Wildman–Crippen LogP) is 3.89. The van der Waals surface area contributed by atoms with Gasteiger partial charge in [0.15, 0.2) is 0 Å². The fourth-order valence-corrected chi connectivity index (χ4v) is 1.22. The molecule has 6 heteroatoms. The van der Waals surface area contributed by atoms with Gasteiger partial charge in [0.05, 0.1) is 21.2 Å². The minimum absolute atomic E-state index is 0.522. The van der Waals surface area contributed by atoms with Gasteiger partial charge in [-0.1, -0.05) is 0 Å². The second kappa shape index (κ2) is 6.17. The van der Waals surface area contributed by atoms with Crippen LogP contribution >= 0.6 is 36.7 Å². The SMILES string of the molecule is S=C=Nc1ccc(N=C=S)c(N=C=S)c1. The Hall–Kier alpha value is -1.38. The Bertz CT molecular complexity index is 519. The van der Waals surface area contributed by atoms with Crippen LogP contribution in [0.3, 0.4) is 0 Å². The number of aliphatic imine (C=N–C) groups is 3. The van der Waals surface area contributed by atoms with Gasteiger partial charge in [0, 0.05) is 0 Å². The molecule has 0 radical (unpaired) electrons. The molecule has 0 heterocycles. The lowest BCUT2D eigenvalue weighted by molar-refractivity contribution is 1.45. The zero-order valence-electron chi connectivity index (χ0n) is 7.30. The Labute approximate surface area is 102 Å². The number of isothiocyanates is 3. The Morgan fingerprint density at radius 2 is 1.40 bits per heavy atom. The maximum Gasteiger partial charge on any atom is 0.103 e. The Balaban J connectivity index is 3.37. The van der Waals surface area contributed by atoms with Crippen LogP contribution < -0.4 is 0 Å². The summed E-state index contributed by atoms with van der Waals surface area (Å²) in [6.07, 6.45) is 0. The van der Waals surface area contributed by atoms with E-state index in [9.17, 15) is 0 Å². The molecule has 3 nitrogen and oxygen atoms in total. The molecule has 15 heavy (non-hydrogen) atoms. The van der Waals surface area contributed by atoms with Crippen LogP contribution in [0.4, 0.5) is 17.1 Å². The molecule has 0 aliphatic rings. The Kier molecular flexibility index (Phi) is 4.81. The molecule has 0 unspecified atom stereocenters. The summed E-state index contributed by atoms with van der Waals surface area (Å²) in [5, 5.41) is 6.76. The molecule has 0 spiro atoms. The minimum atomic E-state index is 0.522. The van der Waals surface area contributed by atoms with E-state index in [0.717, 1.165) is 0 Å². The van der Waals surface area contributed by atoms with Crippen molar-refractivity contribution >= 4 is 69.2 Å². The number of hydrogen-bond acceptors (Lipinski definition) is 6. The van der Waals surface area contributed by atoms with Crippen LogP contribution in [0.25, 0.3) is 0 Å². The van der Waals surface area contributed by atoms with Crippen LogP contribution in [-0.4, -0.2) is 15.5 Å². The maximum absolute atomic E-state index is 4.51. The fourth-order valence-electron chi connectivity index (χ4n) is 0.917. The summed E-state index contributed by atoms with van der Waals surface area (Å²) in [4.78, 5) is 11.5. The molecule has 72 valence electrons. The summed E-state index contributed by atoms with van der Waals surface area (Å²) < 4.78 is 0. The van der Waals surface area contributed by atoms with E-state index in [1.807, 2.05) is 0 Å². The lowest BCUT2D eigenvalue weighted by atomic mass is 10.2. The molecule has 0 amide bonds. The first-order valence-electron chi connectivity index (χ1n) is 3.69. The average Bonchev–Trinajstić information content (AvgIpc) is 2.23. The van der Waals surface area contributed by atoms with Gasteiger partial charge in [0.25, 0.3) is 0 Å². The van der Waals surface area contributed by atoms with Gasteiger partial charge in [-0.05, 0) is 54.9 Å². The highest BCUT2D eigenvalue weighted by Crippen LogP contribution is 2.31. The van der Waals surface area contributed by atoms with Crippen LogP contribution in [-0.2, 0) is 0 Å². The van der Waals surface area contributed by atoms with E-state index >= 15 is 0 Å². The first-order chi connectivity index (χ1) is 7.31. The summed E-state index contributed by atoms with van der Waals surface area (Å²) in [6.45, 7) is 0. The van der Waals surface area contributed by atoms with Crippen molar-refractivity contribution < 1.29 is 0 Å². The molecule has 1 aromatic rings. The summed E-state index contributed by atoms with van der Waals surface area (Å²) in [5.41, 5.74) is 1.71. The van der Waals surface area contributed by atoms with E-state index < -0.39 is 0 Å². The first-order valence-corrected chi connectivity index (χ1v) is 4.92. The van der Waals surface area contributed by atoms with Crippen LogP contribution in [0.15, 0.2) is 33.2 Å². The van der Waals surface area contributed by atoms with E-state index in [2.05, 4.69) is 67.1 Å². The lowest BCUT2D eigenvalue weighted by Crippen LogP contribution is -1.69. The molecule has 0 saturated carbocycles. The van der Waals surface area contributed by atoms with E-state index in [1.165, 1.54) is 0 Å². The predicted molar refractivity (Wildman–Crippen MR) is 70.5 cm³/mol. The Morgan fingerprint density at radius 1 is 0.800 bits per heavy atom. The van der Waals surface area contributed by atoms with Crippen LogP contribution in [0.2, 0.25) is 0 Å². The average molecular weight is 249 g/mol. The topological polar surface area (TPSA) is 37.1 Å². The van der Waals surface area contributed by atoms with Crippen molar-refractivity contribution in [3.05, 3.63) is 18.2 Å². The molecule has 1 aromatic carbocycles. The molecule has 0 aliphatic heterocycles. The van der Waals surface area contributed by atoms with E-state index in [4.69, 9.17) is 0 Å². The van der Waals surface area contributed by atoms with Crippen molar-refractivity contribution in [1.82, 2.24) is 0 Å². The normalized spacial score (nSPS) is 8.00. The maximum atomic E-state index is 4.51. The van der Waals surface area contributed by atoms with Crippen molar-refractivity contribution in [2.75, 3.05) is 0 Å². The summed E-state index contributed by atoms with van der Waals surface area (Å²) in [6, 6.07) is 5.06. The van der Waals surface area contributed by atoms with Gasteiger partial charge in [-0.25, -0.2) is 0 Å². The highest BCUT2D eigenvalue weighted by molar-refractivity contribution is 7.78. The second-order valence-electron chi connectivity index (χ2n) is 2.28. The van der Waals surface area contributed by atoms with Crippen molar-refractivity contribution in [1.29, 1.82) is 0 Å². The van der Waals surface area contributed by atoms with Gasteiger partial charge in [0.1, 0.15) is 11.4 Å². The zero-order chi connectivity index (χ0) is 11.1. The molecular weight excluding hydrogens is 246 g/mol. The zero-order valence-corrected chi connectivity index (χ0v) is 9.75.